The summed E-state index contributed by atoms with van der Waals surface area (Å²) in [5, 5.41) is 8.76. The molecular formula is C13H18ClNO4. The van der Waals surface area contributed by atoms with Gasteiger partial charge in [0.2, 0.25) is 0 Å². The number of ether oxygens (including phenoxy) is 2. The lowest BCUT2D eigenvalue weighted by atomic mass is 10.2. The summed E-state index contributed by atoms with van der Waals surface area (Å²) in [6.45, 7) is 4.93. The second-order valence-corrected chi connectivity index (χ2v) is 4.13. The Balaban J connectivity index is 0.00000180. The zero-order valence-electron chi connectivity index (χ0n) is 10.6. The molecule has 0 radical (unpaired) electrons. The molecule has 0 unspecified atom stereocenters. The minimum Gasteiger partial charge on any atom is -0.492 e. The first-order chi connectivity index (χ1) is 8.75. The number of hydrogen-bond acceptors (Lipinski definition) is 4. The van der Waals surface area contributed by atoms with Crippen molar-refractivity contribution in [1.82, 2.24) is 4.90 Å². The highest BCUT2D eigenvalue weighted by Crippen LogP contribution is 2.12. The molecule has 1 aliphatic rings. The van der Waals surface area contributed by atoms with Crippen LogP contribution in [0.4, 0.5) is 0 Å². The summed E-state index contributed by atoms with van der Waals surface area (Å²) in [5.41, 5.74) is 0.274. The predicted molar refractivity (Wildman–Crippen MR) is 73.4 cm³/mol. The Morgan fingerprint density at radius 3 is 2.47 bits per heavy atom. The zero-order valence-corrected chi connectivity index (χ0v) is 11.4. The number of nitrogens with zero attached hydrogens (tertiary/aromatic N) is 1. The number of carboxylic acid groups (broad SMARTS) is 1. The van der Waals surface area contributed by atoms with E-state index < -0.39 is 5.97 Å². The summed E-state index contributed by atoms with van der Waals surface area (Å²) < 4.78 is 10.8. The Kier molecular flexibility index (Phi) is 6.62. The average Bonchev–Trinajstić information content (AvgIpc) is 2.40. The lowest BCUT2D eigenvalue weighted by molar-refractivity contribution is 0.0322. The van der Waals surface area contributed by atoms with Crippen molar-refractivity contribution in [1.29, 1.82) is 0 Å². The van der Waals surface area contributed by atoms with Gasteiger partial charge in [0, 0.05) is 19.6 Å². The fraction of sp³-hybridized carbons (Fsp3) is 0.462. The zero-order chi connectivity index (χ0) is 12.8. The SMILES string of the molecule is Cl.O=C(O)c1ccc(OCCN2CCOCC2)cc1. The van der Waals surface area contributed by atoms with Crippen molar-refractivity contribution in [3.8, 4) is 5.75 Å². The molecule has 1 heterocycles. The van der Waals surface area contributed by atoms with E-state index in [1.54, 1.807) is 24.3 Å². The molecular weight excluding hydrogens is 270 g/mol. The molecule has 6 heteroatoms. The fourth-order valence-corrected chi connectivity index (χ4v) is 1.81. The molecule has 0 aliphatic carbocycles. The average molecular weight is 288 g/mol. The lowest BCUT2D eigenvalue weighted by Gasteiger charge is -2.26. The highest BCUT2D eigenvalue weighted by atomic mass is 35.5. The molecule has 0 amide bonds. The van der Waals surface area contributed by atoms with E-state index in [9.17, 15) is 4.79 Å². The second kappa shape index (κ2) is 7.99. The number of morpholine rings is 1. The summed E-state index contributed by atoms with van der Waals surface area (Å²) in [6.07, 6.45) is 0. The van der Waals surface area contributed by atoms with Crippen molar-refractivity contribution >= 4 is 18.4 Å². The number of benzene rings is 1. The second-order valence-electron chi connectivity index (χ2n) is 4.13. The van der Waals surface area contributed by atoms with Gasteiger partial charge in [-0.1, -0.05) is 0 Å². The van der Waals surface area contributed by atoms with Crippen LogP contribution in [0.2, 0.25) is 0 Å². The van der Waals surface area contributed by atoms with E-state index in [1.807, 2.05) is 0 Å². The standard InChI is InChI=1S/C13H17NO4.ClH/c15-13(16)11-1-3-12(4-2-11)18-10-7-14-5-8-17-9-6-14;/h1-4H,5-10H2,(H,15,16);1H. The smallest absolute Gasteiger partial charge is 0.335 e. The molecule has 0 aromatic heterocycles. The van der Waals surface area contributed by atoms with Gasteiger partial charge in [-0.05, 0) is 24.3 Å². The number of carboxylic acids is 1. The van der Waals surface area contributed by atoms with Gasteiger partial charge in [0.25, 0.3) is 0 Å². The van der Waals surface area contributed by atoms with Gasteiger partial charge in [-0.3, -0.25) is 4.90 Å². The first-order valence-corrected chi connectivity index (χ1v) is 6.02. The molecule has 1 aliphatic heterocycles. The van der Waals surface area contributed by atoms with E-state index in [1.165, 1.54) is 0 Å². The number of rotatable bonds is 5. The van der Waals surface area contributed by atoms with Gasteiger partial charge in [-0.15, -0.1) is 12.4 Å². The van der Waals surface area contributed by atoms with Gasteiger partial charge in [-0.25, -0.2) is 4.79 Å². The van der Waals surface area contributed by atoms with E-state index in [4.69, 9.17) is 14.6 Å². The molecule has 1 N–H and O–H groups in total. The number of hydrogen-bond donors (Lipinski definition) is 1. The first-order valence-electron chi connectivity index (χ1n) is 6.02. The van der Waals surface area contributed by atoms with Gasteiger partial charge >= 0.3 is 5.97 Å². The summed E-state index contributed by atoms with van der Waals surface area (Å²) in [6, 6.07) is 6.46. The maximum atomic E-state index is 10.7. The molecule has 19 heavy (non-hydrogen) atoms. The van der Waals surface area contributed by atoms with E-state index in [2.05, 4.69) is 4.90 Å². The molecule has 5 nitrogen and oxygen atoms in total. The van der Waals surface area contributed by atoms with Crippen LogP contribution < -0.4 is 4.74 Å². The van der Waals surface area contributed by atoms with Crippen molar-refractivity contribution < 1.29 is 19.4 Å². The Bertz CT molecular complexity index is 390. The third kappa shape index (κ3) is 5.06. The third-order valence-corrected chi connectivity index (χ3v) is 2.88. The molecule has 1 aromatic carbocycles. The van der Waals surface area contributed by atoms with Crippen LogP contribution in [0.15, 0.2) is 24.3 Å². The normalized spacial score (nSPS) is 15.6. The minimum absolute atomic E-state index is 0. The Hall–Kier alpha value is -1.30. The van der Waals surface area contributed by atoms with Crippen molar-refractivity contribution in [2.45, 2.75) is 0 Å². The first kappa shape index (κ1) is 15.8. The quantitative estimate of drug-likeness (QED) is 0.890. The van der Waals surface area contributed by atoms with E-state index >= 15 is 0 Å². The number of carbonyl (C=O) groups is 1. The summed E-state index contributed by atoms with van der Waals surface area (Å²) in [5.74, 6) is -0.219. The third-order valence-electron chi connectivity index (χ3n) is 2.88. The molecule has 0 spiro atoms. The van der Waals surface area contributed by atoms with Crippen LogP contribution in [0.3, 0.4) is 0 Å². The van der Waals surface area contributed by atoms with Crippen molar-refractivity contribution in [2.24, 2.45) is 0 Å². The topological polar surface area (TPSA) is 59.0 Å². The maximum absolute atomic E-state index is 10.7. The Morgan fingerprint density at radius 2 is 1.89 bits per heavy atom. The lowest BCUT2D eigenvalue weighted by Crippen LogP contribution is -2.38. The van der Waals surface area contributed by atoms with Crippen molar-refractivity contribution in [2.75, 3.05) is 39.5 Å². The molecule has 0 saturated carbocycles. The predicted octanol–water partition coefficient (Wildman–Crippen LogP) is 1.52. The molecule has 1 saturated heterocycles. The highest BCUT2D eigenvalue weighted by Gasteiger charge is 2.09. The van der Waals surface area contributed by atoms with Crippen LogP contribution in [0.25, 0.3) is 0 Å². The van der Waals surface area contributed by atoms with Gasteiger partial charge in [-0.2, -0.15) is 0 Å². The van der Waals surface area contributed by atoms with E-state index in [0.29, 0.717) is 12.4 Å². The Labute approximate surface area is 118 Å². The van der Waals surface area contributed by atoms with Gasteiger partial charge in [0.05, 0.1) is 18.8 Å². The Morgan fingerprint density at radius 1 is 1.26 bits per heavy atom. The van der Waals surface area contributed by atoms with Crippen LogP contribution in [0, 0.1) is 0 Å². The van der Waals surface area contributed by atoms with Crippen molar-refractivity contribution in [3.05, 3.63) is 29.8 Å². The number of aromatic carboxylic acids is 1. The van der Waals surface area contributed by atoms with Crippen LogP contribution in [0.1, 0.15) is 10.4 Å². The highest BCUT2D eigenvalue weighted by molar-refractivity contribution is 5.87. The van der Waals surface area contributed by atoms with Crippen LogP contribution in [0.5, 0.6) is 5.75 Å². The molecule has 106 valence electrons. The summed E-state index contributed by atoms with van der Waals surface area (Å²) in [4.78, 5) is 13.0. The fourth-order valence-electron chi connectivity index (χ4n) is 1.81. The van der Waals surface area contributed by atoms with Gasteiger partial charge in [0.15, 0.2) is 0 Å². The van der Waals surface area contributed by atoms with Crippen LogP contribution in [-0.4, -0.2) is 55.4 Å². The van der Waals surface area contributed by atoms with Crippen molar-refractivity contribution in [3.63, 3.8) is 0 Å². The molecule has 1 fully saturated rings. The molecule has 1 aromatic rings. The largest absolute Gasteiger partial charge is 0.492 e. The monoisotopic (exact) mass is 287 g/mol. The van der Waals surface area contributed by atoms with E-state index in [0.717, 1.165) is 32.8 Å². The summed E-state index contributed by atoms with van der Waals surface area (Å²) >= 11 is 0. The van der Waals surface area contributed by atoms with Crippen LogP contribution in [-0.2, 0) is 4.74 Å². The molecule has 0 atom stereocenters. The van der Waals surface area contributed by atoms with E-state index in [-0.39, 0.29) is 18.0 Å². The minimum atomic E-state index is -0.921. The molecule has 2 rings (SSSR count). The summed E-state index contributed by atoms with van der Waals surface area (Å²) in [7, 11) is 0. The van der Waals surface area contributed by atoms with Gasteiger partial charge < -0.3 is 14.6 Å². The number of halogens is 1. The van der Waals surface area contributed by atoms with Crippen LogP contribution >= 0.6 is 12.4 Å². The maximum Gasteiger partial charge on any atom is 0.335 e. The molecule has 0 bridgehead atoms. The van der Waals surface area contributed by atoms with Gasteiger partial charge in [0.1, 0.15) is 12.4 Å².